The predicted octanol–water partition coefficient (Wildman–Crippen LogP) is 2.53. The van der Waals surface area contributed by atoms with Gasteiger partial charge in [-0.25, -0.2) is 8.42 Å². The molecule has 134 valence electrons. The van der Waals surface area contributed by atoms with Gasteiger partial charge < -0.3 is 4.90 Å². The summed E-state index contributed by atoms with van der Waals surface area (Å²) in [6.45, 7) is 8.37. The molecule has 1 aliphatic heterocycles. The number of carbonyl (C=O) groups is 1. The summed E-state index contributed by atoms with van der Waals surface area (Å²) < 4.78 is 27.8. The molecule has 2 rings (SSSR count). The molecule has 0 N–H and O–H groups in total. The Hall–Kier alpha value is -1.40. The van der Waals surface area contributed by atoms with Crippen LogP contribution < -0.4 is 0 Å². The molecule has 24 heavy (non-hydrogen) atoms. The van der Waals surface area contributed by atoms with E-state index in [1.54, 1.807) is 27.1 Å². The molecule has 1 aromatic carbocycles. The van der Waals surface area contributed by atoms with E-state index in [1.165, 1.54) is 9.21 Å². The number of sulfonamides is 1. The zero-order chi connectivity index (χ0) is 18.3. The second-order valence-corrected chi connectivity index (χ2v) is 9.60. The summed E-state index contributed by atoms with van der Waals surface area (Å²) in [4.78, 5) is 14.1. The number of carbonyl (C=O) groups excluding carboxylic acids is 1. The van der Waals surface area contributed by atoms with E-state index in [2.05, 4.69) is 20.8 Å². The Bertz CT molecular complexity index is 733. The van der Waals surface area contributed by atoms with Crippen LogP contribution in [0.5, 0.6) is 0 Å². The smallest absolute Gasteiger partial charge is 0.244 e. The van der Waals surface area contributed by atoms with Gasteiger partial charge in [0.25, 0.3) is 0 Å². The highest BCUT2D eigenvalue weighted by atomic mass is 32.2. The lowest BCUT2D eigenvalue weighted by molar-refractivity contribution is -0.132. The first-order valence-electron chi connectivity index (χ1n) is 8.30. The predicted molar refractivity (Wildman–Crippen MR) is 95.5 cm³/mol. The first-order chi connectivity index (χ1) is 11.0. The molecule has 1 saturated heterocycles. The van der Waals surface area contributed by atoms with Gasteiger partial charge in [0.1, 0.15) is 6.04 Å². The van der Waals surface area contributed by atoms with Crippen molar-refractivity contribution in [3.05, 3.63) is 29.3 Å². The summed E-state index contributed by atoms with van der Waals surface area (Å²) >= 11 is 0. The van der Waals surface area contributed by atoms with Crippen LogP contribution in [0.3, 0.4) is 0 Å². The van der Waals surface area contributed by atoms with E-state index in [9.17, 15) is 13.2 Å². The van der Waals surface area contributed by atoms with Crippen molar-refractivity contribution >= 4 is 15.9 Å². The SMILES string of the molecule is Cc1ccc(C(C)(C)C)cc1S(=O)(=O)N1CCCC1C(=O)N(C)C. The second-order valence-electron chi connectivity index (χ2n) is 7.74. The maximum absolute atomic E-state index is 13.2. The minimum Gasteiger partial charge on any atom is -0.347 e. The van der Waals surface area contributed by atoms with Gasteiger partial charge >= 0.3 is 0 Å². The fraction of sp³-hybridized carbons (Fsp3) is 0.611. The molecule has 0 aromatic heterocycles. The molecule has 1 unspecified atom stereocenters. The number of likely N-dealkylation sites (N-methyl/N-ethyl adjacent to an activating group) is 1. The summed E-state index contributed by atoms with van der Waals surface area (Å²) in [5.41, 5.74) is 1.55. The van der Waals surface area contributed by atoms with Crippen molar-refractivity contribution in [2.24, 2.45) is 0 Å². The molecular formula is C18H28N2O3S. The van der Waals surface area contributed by atoms with Crippen LogP contribution >= 0.6 is 0 Å². The van der Waals surface area contributed by atoms with E-state index in [-0.39, 0.29) is 11.3 Å². The minimum absolute atomic E-state index is 0.137. The molecule has 0 spiro atoms. The van der Waals surface area contributed by atoms with E-state index < -0.39 is 16.1 Å². The average Bonchev–Trinajstić information content (AvgIpc) is 2.95. The van der Waals surface area contributed by atoms with Crippen LogP contribution in [0.15, 0.2) is 23.1 Å². The first kappa shape index (κ1) is 18.9. The van der Waals surface area contributed by atoms with Crippen molar-refractivity contribution in [1.29, 1.82) is 0 Å². The topological polar surface area (TPSA) is 57.7 Å². The van der Waals surface area contributed by atoms with Gasteiger partial charge in [0.15, 0.2) is 0 Å². The third kappa shape index (κ3) is 3.49. The molecule has 0 radical (unpaired) electrons. The molecule has 1 atom stereocenters. The van der Waals surface area contributed by atoms with Crippen LogP contribution in [0.2, 0.25) is 0 Å². The van der Waals surface area contributed by atoms with Gasteiger partial charge in [0.2, 0.25) is 15.9 Å². The molecule has 1 aliphatic rings. The largest absolute Gasteiger partial charge is 0.347 e. The number of aryl methyl sites for hydroxylation is 1. The average molecular weight is 353 g/mol. The van der Waals surface area contributed by atoms with Crippen molar-refractivity contribution in [3.63, 3.8) is 0 Å². The van der Waals surface area contributed by atoms with Gasteiger partial charge in [-0.2, -0.15) is 4.31 Å². The lowest BCUT2D eigenvalue weighted by Gasteiger charge is -2.27. The fourth-order valence-corrected chi connectivity index (χ4v) is 4.95. The van der Waals surface area contributed by atoms with E-state index in [0.717, 1.165) is 5.56 Å². The van der Waals surface area contributed by atoms with Crippen LogP contribution in [0.4, 0.5) is 0 Å². The van der Waals surface area contributed by atoms with E-state index in [1.807, 2.05) is 12.1 Å². The Labute approximate surface area is 145 Å². The zero-order valence-electron chi connectivity index (χ0n) is 15.5. The van der Waals surface area contributed by atoms with Crippen LogP contribution in [-0.2, 0) is 20.2 Å². The highest BCUT2D eigenvalue weighted by Gasteiger charge is 2.40. The summed E-state index contributed by atoms with van der Waals surface area (Å²) in [5.74, 6) is -0.152. The Kier molecular flexibility index (Phi) is 5.11. The monoisotopic (exact) mass is 352 g/mol. The number of benzene rings is 1. The Morgan fingerprint density at radius 3 is 2.42 bits per heavy atom. The van der Waals surface area contributed by atoms with Crippen LogP contribution in [0.1, 0.15) is 44.7 Å². The molecule has 0 saturated carbocycles. The fourth-order valence-electron chi connectivity index (χ4n) is 3.04. The van der Waals surface area contributed by atoms with Gasteiger partial charge in [-0.05, 0) is 42.4 Å². The maximum Gasteiger partial charge on any atom is 0.244 e. The van der Waals surface area contributed by atoms with Crippen molar-refractivity contribution in [3.8, 4) is 0 Å². The normalized spacial score (nSPS) is 19.5. The lowest BCUT2D eigenvalue weighted by Crippen LogP contribution is -2.45. The second kappa shape index (κ2) is 6.48. The molecule has 6 heteroatoms. The van der Waals surface area contributed by atoms with Gasteiger partial charge in [0, 0.05) is 20.6 Å². The Balaban J connectivity index is 2.49. The minimum atomic E-state index is -3.69. The molecule has 0 bridgehead atoms. The molecule has 1 amide bonds. The third-order valence-electron chi connectivity index (χ3n) is 4.57. The molecular weight excluding hydrogens is 324 g/mol. The molecule has 1 heterocycles. The van der Waals surface area contributed by atoms with Crippen molar-refractivity contribution in [1.82, 2.24) is 9.21 Å². The van der Waals surface area contributed by atoms with Gasteiger partial charge in [-0.15, -0.1) is 0 Å². The lowest BCUT2D eigenvalue weighted by atomic mass is 9.87. The maximum atomic E-state index is 13.2. The highest BCUT2D eigenvalue weighted by molar-refractivity contribution is 7.89. The van der Waals surface area contributed by atoms with Gasteiger partial charge in [0.05, 0.1) is 4.90 Å². The third-order valence-corrected chi connectivity index (χ3v) is 6.62. The zero-order valence-corrected chi connectivity index (χ0v) is 16.3. The van der Waals surface area contributed by atoms with E-state index >= 15 is 0 Å². The molecule has 0 aliphatic carbocycles. The van der Waals surface area contributed by atoms with Crippen molar-refractivity contribution in [2.45, 2.75) is 56.9 Å². The first-order valence-corrected chi connectivity index (χ1v) is 9.74. The van der Waals surface area contributed by atoms with Crippen molar-refractivity contribution in [2.75, 3.05) is 20.6 Å². The molecule has 1 aromatic rings. The van der Waals surface area contributed by atoms with E-state index in [0.29, 0.717) is 29.8 Å². The summed E-state index contributed by atoms with van der Waals surface area (Å²) in [6.07, 6.45) is 1.29. The number of hydrogen-bond donors (Lipinski definition) is 0. The standard InChI is InChI=1S/C18H28N2O3S/c1-13-9-10-14(18(2,3)4)12-16(13)24(22,23)20-11-7-8-15(20)17(21)19(5)6/h9-10,12,15H,7-8,11H2,1-6H3. The Morgan fingerprint density at radius 2 is 1.88 bits per heavy atom. The Morgan fingerprint density at radius 1 is 1.25 bits per heavy atom. The van der Waals surface area contributed by atoms with Crippen LogP contribution in [0, 0.1) is 6.92 Å². The summed E-state index contributed by atoms with van der Waals surface area (Å²) in [6, 6.07) is 5.00. The number of rotatable bonds is 3. The molecule has 1 fully saturated rings. The van der Waals surface area contributed by atoms with Gasteiger partial charge in [-0.3, -0.25) is 4.79 Å². The number of hydrogen-bond acceptors (Lipinski definition) is 3. The van der Waals surface area contributed by atoms with Crippen LogP contribution in [-0.4, -0.2) is 50.2 Å². The van der Waals surface area contributed by atoms with Gasteiger partial charge in [-0.1, -0.05) is 32.9 Å². The molecule has 5 nitrogen and oxygen atoms in total. The number of nitrogens with zero attached hydrogens (tertiary/aromatic N) is 2. The van der Waals surface area contributed by atoms with E-state index in [4.69, 9.17) is 0 Å². The number of amides is 1. The quantitative estimate of drug-likeness (QED) is 0.840. The summed E-state index contributed by atoms with van der Waals surface area (Å²) in [5, 5.41) is 0. The highest BCUT2D eigenvalue weighted by Crippen LogP contribution is 2.32. The summed E-state index contributed by atoms with van der Waals surface area (Å²) in [7, 11) is -0.367. The van der Waals surface area contributed by atoms with Crippen molar-refractivity contribution < 1.29 is 13.2 Å². The van der Waals surface area contributed by atoms with Crippen LogP contribution in [0.25, 0.3) is 0 Å².